The number of carbonyl (C=O) groups is 3. The Morgan fingerprint density at radius 2 is 1.69 bits per heavy atom. The molecule has 2 amide bonds. The molecule has 26 heavy (non-hydrogen) atoms. The molecule has 0 spiro atoms. The second kappa shape index (κ2) is 6.41. The fourth-order valence-electron chi connectivity index (χ4n) is 3.99. The van der Waals surface area contributed by atoms with Gasteiger partial charge < -0.3 is 4.74 Å². The molecule has 2 aromatic rings. The lowest BCUT2D eigenvalue weighted by molar-refractivity contribution is -0.140. The number of likely N-dealkylation sites (tertiary alicyclic amines) is 1. The van der Waals surface area contributed by atoms with Crippen LogP contribution in [0, 0.1) is 11.8 Å². The van der Waals surface area contributed by atoms with Crippen molar-refractivity contribution in [1.82, 2.24) is 4.90 Å². The summed E-state index contributed by atoms with van der Waals surface area (Å²) in [4.78, 5) is 38.3. The molecule has 1 heterocycles. The maximum atomic E-state index is 12.8. The highest BCUT2D eigenvalue weighted by atomic mass is 16.5. The highest BCUT2D eigenvalue weighted by molar-refractivity contribution is 6.07. The quantitative estimate of drug-likeness (QED) is 0.629. The molecule has 1 aliphatic heterocycles. The van der Waals surface area contributed by atoms with Crippen molar-refractivity contribution in [3.63, 3.8) is 0 Å². The van der Waals surface area contributed by atoms with Gasteiger partial charge in [0.05, 0.1) is 31.1 Å². The molecule has 0 aromatic heterocycles. The van der Waals surface area contributed by atoms with Crippen molar-refractivity contribution in [2.75, 3.05) is 7.11 Å². The largest absolute Gasteiger partial charge is 0.465 e. The zero-order valence-electron chi connectivity index (χ0n) is 14.4. The molecule has 4 rings (SSSR count). The van der Waals surface area contributed by atoms with E-state index >= 15 is 0 Å². The summed E-state index contributed by atoms with van der Waals surface area (Å²) in [5.41, 5.74) is 2.42. The van der Waals surface area contributed by atoms with Gasteiger partial charge in [0.15, 0.2) is 0 Å². The fourth-order valence-corrected chi connectivity index (χ4v) is 3.99. The summed E-state index contributed by atoms with van der Waals surface area (Å²) in [7, 11) is 1.34. The zero-order valence-corrected chi connectivity index (χ0v) is 14.4. The molecule has 2 aliphatic rings. The molecule has 0 N–H and O–H groups in total. The number of imide groups is 1. The zero-order chi connectivity index (χ0) is 18.3. The van der Waals surface area contributed by atoms with Crippen LogP contribution in [0.4, 0.5) is 0 Å². The number of carbonyl (C=O) groups excluding carboxylic acids is 3. The van der Waals surface area contributed by atoms with E-state index in [4.69, 9.17) is 4.74 Å². The van der Waals surface area contributed by atoms with Crippen molar-refractivity contribution in [1.29, 1.82) is 0 Å². The van der Waals surface area contributed by atoms with E-state index in [9.17, 15) is 14.4 Å². The molecule has 1 saturated heterocycles. The molecule has 5 heteroatoms. The topological polar surface area (TPSA) is 63.7 Å². The van der Waals surface area contributed by atoms with Crippen LogP contribution >= 0.6 is 0 Å². The Hall–Kier alpha value is -2.95. The summed E-state index contributed by atoms with van der Waals surface area (Å²) in [5.74, 6) is -0.997. The molecule has 0 unspecified atom stereocenters. The Morgan fingerprint density at radius 3 is 2.35 bits per heavy atom. The van der Waals surface area contributed by atoms with Crippen LogP contribution in [0.1, 0.15) is 33.8 Å². The van der Waals surface area contributed by atoms with E-state index in [0.29, 0.717) is 18.5 Å². The minimum Gasteiger partial charge on any atom is -0.465 e. The van der Waals surface area contributed by atoms with Gasteiger partial charge in [0.2, 0.25) is 11.8 Å². The van der Waals surface area contributed by atoms with Crippen LogP contribution in [-0.4, -0.2) is 29.8 Å². The lowest BCUT2D eigenvalue weighted by Crippen LogP contribution is -2.37. The number of esters is 1. The van der Waals surface area contributed by atoms with Gasteiger partial charge in [-0.05, 0) is 35.6 Å². The number of amides is 2. The monoisotopic (exact) mass is 349 g/mol. The SMILES string of the molecule is COC(=O)c1ccc([C@H]2C[C@@H]3C(=O)N(Cc4ccccc4)C(=O)[C@@H]32)cc1. The van der Waals surface area contributed by atoms with E-state index in [2.05, 4.69) is 0 Å². The van der Waals surface area contributed by atoms with E-state index in [0.717, 1.165) is 11.1 Å². The van der Waals surface area contributed by atoms with Crippen LogP contribution < -0.4 is 0 Å². The first kappa shape index (κ1) is 16.5. The molecule has 5 nitrogen and oxygen atoms in total. The number of ether oxygens (including phenoxy) is 1. The van der Waals surface area contributed by atoms with E-state index in [1.807, 2.05) is 42.5 Å². The second-order valence-corrected chi connectivity index (χ2v) is 6.84. The van der Waals surface area contributed by atoms with Gasteiger partial charge in [0, 0.05) is 0 Å². The molecule has 3 atom stereocenters. The third-order valence-electron chi connectivity index (χ3n) is 5.45. The average Bonchev–Trinajstić information content (AvgIpc) is 2.82. The Kier molecular flexibility index (Phi) is 4.07. The first-order valence-electron chi connectivity index (χ1n) is 8.67. The summed E-state index contributed by atoms with van der Waals surface area (Å²) in [5, 5.41) is 0. The third kappa shape index (κ3) is 2.60. The Labute approximate surface area is 151 Å². The third-order valence-corrected chi connectivity index (χ3v) is 5.45. The van der Waals surface area contributed by atoms with Crippen molar-refractivity contribution < 1.29 is 19.1 Å². The Morgan fingerprint density at radius 1 is 1.00 bits per heavy atom. The van der Waals surface area contributed by atoms with Crippen molar-refractivity contribution in [3.8, 4) is 0 Å². The van der Waals surface area contributed by atoms with Gasteiger partial charge in [-0.1, -0.05) is 42.5 Å². The van der Waals surface area contributed by atoms with Crippen molar-refractivity contribution in [2.45, 2.75) is 18.9 Å². The second-order valence-electron chi connectivity index (χ2n) is 6.84. The van der Waals surface area contributed by atoms with Gasteiger partial charge in [0.1, 0.15) is 0 Å². The van der Waals surface area contributed by atoms with Crippen LogP contribution in [-0.2, 0) is 20.9 Å². The van der Waals surface area contributed by atoms with Crippen LogP contribution in [0.15, 0.2) is 54.6 Å². The van der Waals surface area contributed by atoms with E-state index in [1.54, 1.807) is 12.1 Å². The van der Waals surface area contributed by atoms with E-state index in [-0.39, 0.29) is 35.5 Å². The van der Waals surface area contributed by atoms with E-state index in [1.165, 1.54) is 12.0 Å². The first-order chi connectivity index (χ1) is 12.6. The molecule has 132 valence electrons. The summed E-state index contributed by atoms with van der Waals surface area (Å²) in [6.07, 6.45) is 0.679. The standard InChI is InChI=1S/C21H19NO4/c1-26-21(25)15-9-7-14(8-10-15)16-11-17-18(16)20(24)22(19(17)23)12-13-5-3-2-4-6-13/h2-10,16-18H,11-12H2,1H3/t16-,17+,18-/m1/s1. The van der Waals surface area contributed by atoms with E-state index < -0.39 is 0 Å². The highest BCUT2D eigenvalue weighted by Gasteiger charge is 2.58. The summed E-state index contributed by atoms with van der Waals surface area (Å²) < 4.78 is 4.70. The van der Waals surface area contributed by atoms with Gasteiger partial charge >= 0.3 is 5.97 Å². The van der Waals surface area contributed by atoms with Gasteiger partial charge in [0.25, 0.3) is 0 Å². The molecular weight excluding hydrogens is 330 g/mol. The fraction of sp³-hybridized carbons (Fsp3) is 0.286. The molecule has 2 aromatic carbocycles. The van der Waals surface area contributed by atoms with Crippen LogP contribution in [0.3, 0.4) is 0 Å². The van der Waals surface area contributed by atoms with Crippen molar-refractivity contribution in [2.24, 2.45) is 11.8 Å². The Balaban J connectivity index is 1.51. The molecule has 0 radical (unpaired) electrons. The lowest BCUT2D eigenvalue weighted by atomic mass is 9.63. The molecule has 2 fully saturated rings. The number of benzene rings is 2. The maximum Gasteiger partial charge on any atom is 0.337 e. The predicted octanol–water partition coefficient (Wildman–Crippen LogP) is 2.76. The maximum absolute atomic E-state index is 12.8. The number of methoxy groups -OCH3 is 1. The minimum absolute atomic E-state index is 0.0314. The van der Waals surface area contributed by atoms with Crippen LogP contribution in [0.2, 0.25) is 0 Å². The Bertz CT molecular complexity index is 859. The molecule has 1 saturated carbocycles. The van der Waals surface area contributed by atoms with Gasteiger partial charge in [-0.15, -0.1) is 0 Å². The number of fused-ring (bicyclic) bond motifs is 1. The first-order valence-corrected chi connectivity index (χ1v) is 8.67. The average molecular weight is 349 g/mol. The number of hydrogen-bond acceptors (Lipinski definition) is 4. The highest BCUT2D eigenvalue weighted by Crippen LogP contribution is 2.52. The number of nitrogens with zero attached hydrogens (tertiary/aromatic N) is 1. The minimum atomic E-state index is -0.385. The lowest BCUT2D eigenvalue weighted by Gasteiger charge is -2.36. The molecule has 0 bridgehead atoms. The predicted molar refractivity (Wildman–Crippen MR) is 94.1 cm³/mol. The van der Waals surface area contributed by atoms with Crippen LogP contribution in [0.25, 0.3) is 0 Å². The van der Waals surface area contributed by atoms with Gasteiger partial charge in [-0.2, -0.15) is 0 Å². The number of hydrogen-bond donors (Lipinski definition) is 0. The molecule has 1 aliphatic carbocycles. The van der Waals surface area contributed by atoms with Crippen molar-refractivity contribution in [3.05, 3.63) is 71.3 Å². The summed E-state index contributed by atoms with van der Waals surface area (Å²) in [6, 6.07) is 16.7. The van der Waals surface area contributed by atoms with Crippen molar-refractivity contribution >= 4 is 17.8 Å². The number of rotatable bonds is 4. The smallest absolute Gasteiger partial charge is 0.337 e. The van der Waals surface area contributed by atoms with Crippen LogP contribution in [0.5, 0.6) is 0 Å². The summed E-state index contributed by atoms with van der Waals surface area (Å²) in [6.45, 7) is 0.333. The van der Waals surface area contributed by atoms with Gasteiger partial charge in [-0.3, -0.25) is 14.5 Å². The normalized spacial score (nSPS) is 24.2. The molecular formula is C21H19NO4. The summed E-state index contributed by atoms with van der Waals surface area (Å²) >= 11 is 0. The van der Waals surface area contributed by atoms with Gasteiger partial charge in [-0.25, -0.2) is 4.79 Å².